The fourth-order valence-corrected chi connectivity index (χ4v) is 2.78. The molecule has 1 aliphatic carbocycles. The van der Waals surface area contributed by atoms with Crippen molar-refractivity contribution in [3.63, 3.8) is 0 Å². The van der Waals surface area contributed by atoms with Crippen molar-refractivity contribution in [3.05, 3.63) is 35.4 Å². The Balaban J connectivity index is 1.91. The number of amides is 2. The third kappa shape index (κ3) is 4.59. The Morgan fingerprint density at radius 1 is 1.14 bits per heavy atom. The quantitative estimate of drug-likeness (QED) is 0.895. The van der Waals surface area contributed by atoms with Crippen molar-refractivity contribution in [1.29, 1.82) is 0 Å². The Bertz CT molecular complexity index is 496. The molecule has 4 nitrogen and oxygen atoms in total. The van der Waals surface area contributed by atoms with E-state index < -0.39 is 0 Å². The van der Waals surface area contributed by atoms with Gasteiger partial charge in [0.05, 0.1) is 0 Å². The van der Waals surface area contributed by atoms with Crippen molar-refractivity contribution in [2.45, 2.75) is 52.1 Å². The zero-order valence-electron chi connectivity index (χ0n) is 12.8. The van der Waals surface area contributed by atoms with Gasteiger partial charge >= 0.3 is 0 Å². The summed E-state index contributed by atoms with van der Waals surface area (Å²) in [5, 5.41) is 5.89. The average molecular weight is 288 g/mol. The molecule has 1 fully saturated rings. The summed E-state index contributed by atoms with van der Waals surface area (Å²) >= 11 is 0. The minimum Gasteiger partial charge on any atom is -0.352 e. The van der Waals surface area contributed by atoms with Crippen LogP contribution >= 0.6 is 0 Å². The molecule has 0 spiro atoms. The van der Waals surface area contributed by atoms with E-state index in [-0.39, 0.29) is 11.8 Å². The molecular weight excluding hydrogens is 264 g/mol. The van der Waals surface area contributed by atoms with Gasteiger partial charge in [0.25, 0.3) is 5.91 Å². The van der Waals surface area contributed by atoms with Gasteiger partial charge in [0.1, 0.15) is 0 Å². The number of hydrogen-bond acceptors (Lipinski definition) is 2. The van der Waals surface area contributed by atoms with Gasteiger partial charge in [0, 0.05) is 25.1 Å². The number of hydrogen-bond donors (Lipinski definition) is 2. The Morgan fingerprint density at radius 3 is 2.43 bits per heavy atom. The first-order valence-electron chi connectivity index (χ1n) is 7.70. The Hall–Kier alpha value is -1.84. The highest BCUT2D eigenvalue weighted by Crippen LogP contribution is 2.24. The van der Waals surface area contributed by atoms with Crippen LogP contribution < -0.4 is 10.6 Å². The molecule has 2 amide bonds. The number of carbonyl (C=O) groups excluding carboxylic acids is 2. The molecule has 0 radical (unpaired) electrons. The summed E-state index contributed by atoms with van der Waals surface area (Å²) in [5.74, 6) is 0.504. The van der Waals surface area contributed by atoms with Crippen LogP contribution in [0.1, 0.15) is 55.5 Å². The van der Waals surface area contributed by atoms with Gasteiger partial charge in [-0.3, -0.25) is 9.59 Å². The molecule has 0 aromatic heterocycles. The van der Waals surface area contributed by atoms with Crippen molar-refractivity contribution < 1.29 is 9.59 Å². The van der Waals surface area contributed by atoms with Crippen LogP contribution in [0.4, 0.5) is 0 Å². The number of carbonyl (C=O) groups is 2. The fraction of sp³-hybridized carbons (Fsp3) is 0.529. The van der Waals surface area contributed by atoms with Crippen LogP contribution in [0.2, 0.25) is 0 Å². The molecule has 114 valence electrons. The normalized spacial score (nSPS) is 21.6. The van der Waals surface area contributed by atoms with Crippen LogP contribution in [0.3, 0.4) is 0 Å². The molecule has 2 unspecified atom stereocenters. The SMILES string of the molecule is CC(=O)NCc1ccc(C(=O)NC2CCCCC2C)cc1. The number of nitrogens with one attached hydrogen (secondary N) is 2. The second-order valence-corrected chi connectivity index (χ2v) is 5.95. The molecule has 0 heterocycles. The summed E-state index contributed by atoms with van der Waals surface area (Å²) in [6, 6.07) is 7.70. The van der Waals surface area contributed by atoms with E-state index in [0.717, 1.165) is 12.0 Å². The highest BCUT2D eigenvalue weighted by atomic mass is 16.2. The molecule has 1 saturated carbocycles. The summed E-state index contributed by atoms with van der Waals surface area (Å²) in [5.41, 5.74) is 1.67. The molecule has 2 rings (SSSR count). The van der Waals surface area contributed by atoms with E-state index in [9.17, 15) is 9.59 Å². The van der Waals surface area contributed by atoms with Crippen molar-refractivity contribution >= 4 is 11.8 Å². The van der Waals surface area contributed by atoms with Gasteiger partial charge in [-0.25, -0.2) is 0 Å². The molecule has 21 heavy (non-hydrogen) atoms. The number of benzene rings is 1. The summed E-state index contributed by atoms with van der Waals surface area (Å²) in [4.78, 5) is 23.1. The van der Waals surface area contributed by atoms with Crippen LogP contribution in [-0.4, -0.2) is 17.9 Å². The van der Waals surface area contributed by atoms with Gasteiger partial charge < -0.3 is 10.6 Å². The first kappa shape index (κ1) is 15.5. The highest BCUT2D eigenvalue weighted by molar-refractivity contribution is 5.94. The first-order valence-corrected chi connectivity index (χ1v) is 7.70. The zero-order valence-corrected chi connectivity index (χ0v) is 12.8. The van der Waals surface area contributed by atoms with Crippen molar-refractivity contribution in [3.8, 4) is 0 Å². The third-order valence-corrected chi connectivity index (χ3v) is 4.19. The predicted octanol–water partition coefficient (Wildman–Crippen LogP) is 2.63. The van der Waals surface area contributed by atoms with E-state index in [0.29, 0.717) is 24.1 Å². The molecule has 2 N–H and O–H groups in total. The molecule has 0 bridgehead atoms. The lowest BCUT2D eigenvalue weighted by atomic mass is 9.86. The van der Waals surface area contributed by atoms with Crippen LogP contribution in [0.5, 0.6) is 0 Å². The number of rotatable bonds is 4. The molecule has 2 atom stereocenters. The van der Waals surface area contributed by atoms with E-state index in [1.165, 1.54) is 26.2 Å². The largest absolute Gasteiger partial charge is 0.352 e. The Morgan fingerprint density at radius 2 is 1.81 bits per heavy atom. The van der Waals surface area contributed by atoms with Gasteiger partial charge in [-0.1, -0.05) is 31.9 Å². The Labute approximate surface area is 126 Å². The minimum absolute atomic E-state index is 0.000160. The maximum Gasteiger partial charge on any atom is 0.251 e. The molecule has 1 aliphatic rings. The summed E-state index contributed by atoms with van der Waals surface area (Å²) in [6.07, 6.45) is 4.74. The lowest BCUT2D eigenvalue weighted by Gasteiger charge is -2.29. The molecule has 1 aromatic carbocycles. The van der Waals surface area contributed by atoms with Gasteiger partial charge in [-0.05, 0) is 36.5 Å². The maximum atomic E-state index is 12.3. The third-order valence-electron chi connectivity index (χ3n) is 4.19. The van der Waals surface area contributed by atoms with E-state index in [4.69, 9.17) is 0 Å². The second kappa shape index (κ2) is 7.25. The first-order chi connectivity index (χ1) is 10.1. The van der Waals surface area contributed by atoms with Crippen LogP contribution in [0.25, 0.3) is 0 Å². The van der Waals surface area contributed by atoms with Crippen LogP contribution in [-0.2, 0) is 11.3 Å². The fourth-order valence-electron chi connectivity index (χ4n) is 2.78. The lowest BCUT2D eigenvalue weighted by Crippen LogP contribution is -2.41. The second-order valence-electron chi connectivity index (χ2n) is 5.95. The predicted molar refractivity (Wildman–Crippen MR) is 82.8 cm³/mol. The van der Waals surface area contributed by atoms with Gasteiger partial charge in [-0.2, -0.15) is 0 Å². The summed E-state index contributed by atoms with van der Waals surface area (Å²) < 4.78 is 0. The van der Waals surface area contributed by atoms with Crippen LogP contribution in [0.15, 0.2) is 24.3 Å². The maximum absolute atomic E-state index is 12.3. The van der Waals surface area contributed by atoms with E-state index in [1.54, 1.807) is 0 Å². The van der Waals surface area contributed by atoms with Gasteiger partial charge in [-0.15, -0.1) is 0 Å². The average Bonchev–Trinajstić information content (AvgIpc) is 2.48. The summed E-state index contributed by atoms with van der Waals surface area (Å²) in [7, 11) is 0. The molecule has 1 aromatic rings. The lowest BCUT2D eigenvalue weighted by molar-refractivity contribution is -0.119. The van der Waals surface area contributed by atoms with E-state index >= 15 is 0 Å². The van der Waals surface area contributed by atoms with Crippen molar-refractivity contribution in [2.75, 3.05) is 0 Å². The minimum atomic E-state index is -0.0527. The molecule has 4 heteroatoms. The summed E-state index contributed by atoms with van der Waals surface area (Å²) in [6.45, 7) is 4.20. The van der Waals surface area contributed by atoms with E-state index in [1.807, 2.05) is 24.3 Å². The van der Waals surface area contributed by atoms with E-state index in [2.05, 4.69) is 17.6 Å². The zero-order chi connectivity index (χ0) is 15.2. The molecular formula is C17H24N2O2. The van der Waals surface area contributed by atoms with Crippen molar-refractivity contribution in [2.24, 2.45) is 5.92 Å². The topological polar surface area (TPSA) is 58.2 Å². The Kier molecular flexibility index (Phi) is 5.37. The highest BCUT2D eigenvalue weighted by Gasteiger charge is 2.23. The van der Waals surface area contributed by atoms with Crippen molar-refractivity contribution in [1.82, 2.24) is 10.6 Å². The monoisotopic (exact) mass is 288 g/mol. The van der Waals surface area contributed by atoms with Crippen LogP contribution in [0, 0.1) is 5.92 Å². The van der Waals surface area contributed by atoms with Gasteiger partial charge in [0.2, 0.25) is 5.91 Å². The van der Waals surface area contributed by atoms with Gasteiger partial charge in [0.15, 0.2) is 0 Å². The molecule has 0 aliphatic heterocycles. The smallest absolute Gasteiger partial charge is 0.251 e. The standard InChI is InChI=1S/C17H24N2O2/c1-12-5-3-4-6-16(12)19-17(21)15-9-7-14(8-10-15)11-18-13(2)20/h7-10,12,16H,3-6,11H2,1-2H3,(H,18,20)(H,19,21). The molecule has 0 saturated heterocycles.